The molecule has 0 spiro atoms. The highest BCUT2D eigenvalue weighted by Crippen LogP contribution is 2.39. The fourth-order valence-corrected chi connectivity index (χ4v) is 2.53. The van der Waals surface area contributed by atoms with E-state index < -0.39 is 0 Å². The summed E-state index contributed by atoms with van der Waals surface area (Å²) >= 11 is 0. The van der Waals surface area contributed by atoms with Crippen molar-refractivity contribution in [2.75, 3.05) is 19.7 Å². The van der Waals surface area contributed by atoms with E-state index in [4.69, 9.17) is 0 Å². The van der Waals surface area contributed by atoms with Crippen LogP contribution in [-0.4, -0.2) is 47.4 Å². The summed E-state index contributed by atoms with van der Waals surface area (Å²) in [5.74, 6) is -0.556. The number of nitrogens with one attached hydrogen (secondary N) is 1. The smallest absolute Gasteiger partial charge is 0.229 e. The molecule has 1 heterocycles. The van der Waals surface area contributed by atoms with Crippen LogP contribution in [0.15, 0.2) is 0 Å². The van der Waals surface area contributed by atoms with Crippen molar-refractivity contribution in [2.24, 2.45) is 5.41 Å². The molecule has 6 heteroatoms. The minimum Gasteiger partial charge on any atom is -0.396 e. The van der Waals surface area contributed by atoms with Crippen molar-refractivity contribution in [3.63, 3.8) is 0 Å². The number of imide groups is 1. The van der Waals surface area contributed by atoms with Gasteiger partial charge in [0.05, 0.1) is 6.61 Å². The predicted octanol–water partition coefficient (Wildman–Crippen LogP) is -0.196. The lowest BCUT2D eigenvalue weighted by Crippen LogP contribution is -2.45. The molecule has 0 aromatic carbocycles. The Balaban J connectivity index is 1.70. The maximum atomic E-state index is 11.7. The Morgan fingerprint density at radius 2 is 1.89 bits per heavy atom. The lowest BCUT2D eigenvalue weighted by molar-refractivity contribution is -0.138. The number of carbonyl (C=O) groups is 3. The molecule has 1 saturated carbocycles. The van der Waals surface area contributed by atoms with E-state index >= 15 is 0 Å². The molecule has 0 aromatic heterocycles. The molecule has 3 amide bonds. The zero-order valence-electron chi connectivity index (χ0n) is 11.0. The quantitative estimate of drug-likeness (QED) is 0.653. The van der Waals surface area contributed by atoms with Gasteiger partial charge in [-0.25, -0.2) is 0 Å². The van der Waals surface area contributed by atoms with Crippen LogP contribution in [0.5, 0.6) is 0 Å². The Kier molecular flexibility index (Phi) is 4.19. The normalized spacial score (nSPS) is 21.4. The largest absolute Gasteiger partial charge is 0.396 e. The molecule has 0 radical (unpaired) electrons. The second kappa shape index (κ2) is 5.69. The zero-order chi connectivity index (χ0) is 13.9. The van der Waals surface area contributed by atoms with E-state index in [1.807, 2.05) is 0 Å². The number of likely N-dealkylation sites (tertiary alicyclic amines) is 1. The van der Waals surface area contributed by atoms with E-state index in [1.165, 1.54) is 0 Å². The van der Waals surface area contributed by atoms with Gasteiger partial charge >= 0.3 is 0 Å². The van der Waals surface area contributed by atoms with Crippen LogP contribution in [0, 0.1) is 5.41 Å². The third-order valence-electron chi connectivity index (χ3n) is 4.13. The van der Waals surface area contributed by atoms with Gasteiger partial charge in [0.15, 0.2) is 0 Å². The summed E-state index contributed by atoms with van der Waals surface area (Å²) < 4.78 is 0. The highest BCUT2D eigenvalue weighted by atomic mass is 16.3. The molecule has 1 aliphatic heterocycles. The van der Waals surface area contributed by atoms with Gasteiger partial charge in [0.1, 0.15) is 0 Å². The van der Waals surface area contributed by atoms with Crippen molar-refractivity contribution < 1.29 is 19.5 Å². The summed E-state index contributed by atoms with van der Waals surface area (Å²) in [6, 6.07) is 0. The Labute approximate surface area is 112 Å². The zero-order valence-corrected chi connectivity index (χ0v) is 11.0. The van der Waals surface area contributed by atoms with Crippen LogP contribution in [0.3, 0.4) is 0 Å². The number of amides is 3. The summed E-state index contributed by atoms with van der Waals surface area (Å²) in [5.41, 5.74) is -0.144. The van der Waals surface area contributed by atoms with E-state index in [9.17, 15) is 19.5 Å². The summed E-state index contributed by atoms with van der Waals surface area (Å²) in [4.78, 5) is 35.5. The SMILES string of the molecule is O=C(CCN1C(=O)CCC1=O)NCC1(CO)CCC1. The van der Waals surface area contributed by atoms with Gasteiger partial charge in [-0.05, 0) is 12.8 Å². The minimum absolute atomic E-state index is 0.0936. The highest BCUT2D eigenvalue weighted by Gasteiger charge is 2.36. The third kappa shape index (κ3) is 3.12. The van der Waals surface area contributed by atoms with Crippen molar-refractivity contribution in [3.05, 3.63) is 0 Å². The summed E-state index contributed by atoms with van der Waals surface area (Å²) in [5, 5.41) is 12.1. The van der Waals surface area contributed by atoms with Crippen molar-refractivity contribution in [1.29, 1.82) is 0 Å². The Morgan fingerprint density at radius 3 is 2.37 bits per heavy atom. The van der Waals surface area contributed by atoms with E-state index in [1.54, 1.807) is 0 Å². The van der Waals surface area contributed by atoms with E-state index in [0.29, 0.717) is 6.54 Å². The number of aliphatic hydroxyl groups excluding tert-OH is 1. The molecule has 2 fully saturated rings. The molecule has 6 nitrogen and oxygen atoms in total. The van der Waals surface area contributed by atoms with Gasteiger partial charge in [-0.3, -0.25) is 19.3 Å². The van der Waals surface area contributed by atoms with Crippen molar-refractivity contribution >= 4 is 17.7 Å². The first-order valence-corrected chi connectivity index (χ1v) is 6.77. The second-order valence-electron chi connectivity index (χ2n) is 5.48. The van der Waals surface area contributed by atoms with Crippen molar-refractivity contribution in [1.82, 2.24) is 10.2 Å². The van der Waals surface area contributed by atoms with Gasteiger partial charge in [-0.2, -0.15) is 0 Å². The van der Waals surface area contributed by atoms with Crippen LogP contribution in [0.4, 0.5) is 0 Å². The predicted molar refractivity (Wildman–Crippen MR) is 67.0 cm³/mol. The molecule has 0 unspecified atom stereocenters. The van der Waals surface area contributed by atoms with Gasteiger partial charge in [-0.1, -0.05) is 6.42 Å². The summed E-state index contributed by atoms with van der Waals surface area (Å²) in [6.07, 6.45) is 3.62. The van der Waals surface area contributed by atoms with E-state index in [0.717, 1.165) is 24.2 Å². The van der Waals surface area contributed by atoms with Crippen LogP contribution in [0.25, 0.3) is 0 Å². The number of aliphatic hydroxyl groups is 1. The summed E-state index contributed by atoms with van der Waals surface area (Å²) in [7, 11) is 0. The standard InChI is InChI=1S/C13H20N2O4/c16-9-13(5-1-6-13)8-14-10(17)4-7-15-11(18)2-3-12(15)19/h16H,1-9H2,(H,14,17). The fourth-order valence-electron chi connectivity index (χ4n) is 2.53. The number of hydrogen-bond donors (Lipinski definition) is 2. The van der Waals surface area contributed by atoms with Crippen molar-refractivity contribution in [2.45, 2.75) is 38.5 Å². The Hall–Kier alpha value is -1.43. The third-order valence-corrected chi connectivity index (χ3v) is 4.13. The number of rotatable bonds is 6. The molecule has 0 bridgehead atoms. The molecule has 2 N–H and O–H groups in total. The monoisotopic (exact) mass is 268 g/mol. The van der Waals surface area contributed by atoms with E-state index in [-0.39, 0.29) is 55.6 Å². The molecular weight excluding hydrogens is 248 g/mol. The maximum absolute atomic E-state index is 11.7. The highest BCUT2D eigenvalue weighted by molar-refractivity contribution is 6.02. The first-order chi connectivity index (χ1) is 9.06. The molecular formula is C13H20N2O4. The molecule has 0 atom stereocenters. The average Bonchev–Trinajstić information content (AvgIpc) is 2.66. The maximum Gasteiger partial charge on any atom is 0.229 e. The average molecular weight is 268 g/mol. The van der Waals surface area contributed by atoms with Gasteiger partial charge in [0.2, 0.25) is 17.7 Å². The first kappa shape index (κ1) is 14.0. The van der Waals surface area contributed by atoms with Crippen molar-refractivity contribution in [3.8, 4) is 0 Å². The lowest BCUT2D eigenvalue weighted by Gasteiger charge is -2.40. The van der Waals surface area contributed by atoms with Gasteiger partial charge < -0.3 is 10.4 Å². The van der Waals surface area contributed by atoms with Gasteiger partial charge in [0.25, 0.3) is 0 Å². The number of nitrogens with zero attached hydrogens (tertiary/aromatic N) is 1. The first-order valence-electron chi connectivity index (χ1n) is 6.77. The van der Waals surface area contributed by atoms with Gasteiger partial charge in [-0.15, -0.1) is 0 Å². The Bertz CT molecular complexity index is 369. The van der Waals surface area contributed by atoms with Crippen LogP contribution < -0.4 is 5.32 Å². The Morgan fingerprint density at radius 1 is 1.26 bits per heavy atom. The lowest BCUT2D eigenvalue weighted by atomic mass is 9.69. The number of hydrogen-bond acceptors (Lipinski definition) is 4. The molecule has 106 valence electrons. The second-order valence-corrected chi connectivity index (χ2v) is 5.48. The molecule has 19 heavy (non-hydrogen) atoms. The van der Waals surface area contributed by atoms with Crippen LogP contribution >= 0.6 is 0 Å². The van der Waals surface area contributed by atoms with E-state index in [2.05, 4.69) is 5.32 Å². The molecule has 1 saturated heterocycles. The van der Waals surface area contributed by atoms with Gasteiger partial charge in [0, 0.05) is 37.8 Å². The topological polar surface area (TPSA) is 86.7 Å². The molecule has 2 aliphatic rings. The van der Waals surface area contributed by atoms with Crippen LogP contribution in [0.1, 0.15) is 38.5 Å². The molecule has 0 aromatic rings. The van der Waals surface area contributed by atoms with Crippen LogP contribution in [-0.2, 0) is 14.4 Å². The molecule has 2 rings (SSSR count). The number of carbonyl (C=O) groups excluding carboxylic acids is 3. The van der Waals surface area contributed by atoms with Crippen LogP contribution in [0.2, 0.25) is 0 Å². The summed E-state index contributed by atoms with van der Waals surface area (Å²) in [6.45, 7) is 0.732. The minimum atomic E-state index is -0.191. The molecule has 1 aliphatic carbocycles. The fraction of sp³-hybridized carbons (Fsp3) is 0.769.